The summed E-state index contributed by atoms with van der Waals surface area (Å²) < 4.78 is 231. The van der Waals surface area contributed by atoms with E-state index in [-0.39, 0.29) is 6.92 Å². The molecule has 0 saturated carbocycles. The Morgan fingerprint density at radius 1 is 0.474 bits per heavy atom. The monoisotopic (exact) mass is 858 g/mol. The van der Waals surface area contributed by atoms with Gasteiger partial charge < -0.3 is 9.39 Å². The van der Waals surface area contributed by atoms with Crippen LogP contribution in [0.4, 0.5) is 65.9 Å². The number of carbonyl (C=O) groups is 2. The summed E-state index contributed by atoms with van der Waals surface area (Å²) in [6.45, 7) is 22.4. The van der Waals surface area contributed by atoms with Gasteiger partial charge in [-0.3, -0.25) is 4.79 Å². The van der Waals surface area contributed by atoms with Crippen LogP contribution in [0.5, 0.6) is 0 Å². The number of halogens is 15. The van der Waals surface area contributed by atoms with Crippen molar-refractivity contribution in [2.75, 3.05) is 0 Å². The average Bonchev–Trinajstić information content (AvgIpc) is 3.25. The van der Waals surface area contributed by atoms with Crippen LogP contribution >= 0.6 is 7.92 Å². The van der Waals surface area contributed by atoms with Crippen molar-refractivity contribution in [3.8, 4) is 0 Å². The molecule has 0 N–H and O–H groups in total. The van der Waals surface area contributed by atoms with Gasteiger partial charge in [0.05, 0.1) is 15.5 Å². The molecule has 0 bridgehead atoms. The highest BCUT2D eigenvalue weighted by molar-refractivity contribution is 7.62. The highest BCUT2D eigenvalue weighted by atomic mass is 31.1. The van der Waals surface area contributed by atoms with Crippen molar-refractivity contribution in [1.29, 1.82) is 0 Å². The number of carbonyl (C=O) groups excluding carboxylic acids is 2. The number of esters is 1. The van der Waals surface area contributed by atoms with E-state index >= 15 is 26.3 Å². The van der Waals surface area contributed by atoms with Crippen LogP contribution < -0.4 is 16.4 Å². The molecular weight excluding hydrogens is 823 g/mol. The summed E-state index contributed by atoms with van der Waals surface area (Å²) in [6, 6.07) is 0. The zero-order valence-electron chi connectivity index (χ0n) is 32.0. The minimum Gasteiger partial charge on any atom is -0.560 e. The number of Topliss-reactive ketones (excluding diaryl/α,β-unsaturated/α-hetero) is 1. The van der Waals surface area contributed by atoms with Crippen molar-refractivity contribution < 1.29 is 84.8 Å². The Bertz CT molecular complexity index is 1870. The number of rotatable bonds is 5. The number of benzene rings is 3. The number of ether oxygens (including phenoxy) is 1. The van der Waals surface area contributed by atoms with Crippen LogP contribution in [0.25, 0.3) is 0 Å². The lowest BCUT2D eigenvalue weighted by atomic mass is 9.27. The van der Waals surface area contributed by atoms with Gasteiger partial charge in [0, 0.05) is 7.92 Å². The van der Waals surface area contributed by atoms with Gasteiger partial charge in [0.25, 0.3) is 0 Å². The van der Waals surface area contributed by atoms with Crippen molar-refractivity contribution in [2.45, 2.75) is 103 Å². The van der Waals surface area contributed by atoms with E-state index in [1.54, 1.807) is 0 Å². The van der Waals surface area contributed by atoms with E-state index < -0.39 is 141 Å². The molecule has 21 heteroatoms. The normalized spacial score (nSPS) is 18.0. The number of cyclic esters (lactones) is 1. The summed E-state index contributed by atoms with van der Waals surface area (Å²) in [5.41, 5.74) is -13.2. The van der Waals surface area contributed by atoms with Gasteiger partial charge in [-0.15, -0.1) is 0 Å². The van der Waals surface area contributed by atoms with Gasteiger partial charge in [-0.25, -0.2) is 70.7 Å². The molecule has 4 nitrogen and oxygen atoms in total. The van der Waals surface area contributed by atoms with Crippen LogP contribution in [0.3, 0.4) is 0 Å². The van der Waals surface area contributed by atoms with E-state index in [1.807, 2.05) is 0 Å². The molecule has 1 aliphatic heterocycles. The Labute approximate surface area is 317 Å². The Balaban J connectivity index is 0.000000573. The van der Waals surface area contributed by atoms with Gasteiger partial charge >= 0.3 is 5.97 Å². The summed E-state index contributed by atoms with van der Waals surface area (Å²) in [7, 11) is -0.391. The average molecular weight is 858 g/mol. The number of hydrogen-bond acceptors (Lipinski definition) is 4. The quantitative estimate of drug-likeness (QED) is 0.0491. The summed E-state index contributed by atoms with van der Waals surface area (Å²) in [4.78, 5) is 25.5. The van der Waals surface area contributed by atoms with E-state index in [9.17, 15) is 49.1 Å². The van der Waals surface area contributed by atoms with E-state index in [2.05, 4.69) is 67.1 Å². The fourth-order valence-electron chi connectivity index (χ4n) is 8.20. The van der Waals surface area contributed by atoms with Crippen molar-refractivity contribution >= 4 is 42.4 Å². The summed E-state index contributed by atoms with van der Waals surface area (Å²) >= 11 is 0. The third kappa shape index (κ3) is 7.76. The SMILES string of the molecule is CC(C)(C)[PH+](C(C)(C)C)C(C)(C)C.C[C@H]1OC(=O)[C@@](C)(O[B-](c2c(F)c(F)c(F)c(F)c2F)(c2c(F)c(F)c(F)c(F)c2F)c2c(F)c(F)c(F)c(F)c2F)C1=O. The molecule has 4 rings (SSSR count). The van der Waals surface area contributed by atoms with E-state index in [0.29, 0.717) is 22.4 Å². The third-order valence-corrected chi connectivity index (χ3v) is 13.6. The number of ketones is 1. The van der Waals surface area contributed by atoms with E-state index in [0.717, 1.165) is 0 Å². The van der Waals surface area contributed by atoms with Gasteiger partial charge in [-0.05, 0) is 76.2 Å². The fraction of sp³-hybridized carbons (Fsp3) is 0.444. The van der Waals surface area contributed by atoms with Crippen LogP contribution in [-0.4, -0.2) is 45.3 Å². The Morgan fingerprint density at radius 3 is 0.842 bits per heavy atom. The Morgan fingerprint density at radius 2 is 0.684 bits per heavy atom. The van der Waals surface area contributed by atoms with Crippen molar-refractivity contribution in [1.82, 2.24) is 0 Å². The minimum atomic E-state index is -6.58. The molecule has 1 saturated heterocycles. The van der Waals surface area contributed by atoms with Gasteiger partial charge in [-0.1, -0.05) is 16.4 Å². The Kier molecular flexibility index (Phi) is 12.9. The lowest BCUT2D eigenvalue weighted by Gasteiger charge is -2.48. The van der Waals surface area contributed by atoms with Crippen molar-refractivity contribution in [3.05, 3.63) is 87.3 Å². The lowest BCUT2D eigenvalue weighted by Crippen LogP contribution is -2.78. The first kappa shape index (κ1) is 47.6. The highest BCUT2D eigenvalue weighted by Crippen LogP contribution is 2.67. The maximum absolute atomic E-state index is 15.4. The van der Waals surface area contributed by atoms with Gasteiger partial charge in [-0.2, -0.15) is 0 Å². The molecule has 1 fully saturated rings. The first-order valence-electron chi connectivity index (χ1n) is 16.6. The molecule has 0 amide bonds. The molecule has 0 spiro atoms. The van der Waals surface area contributed by atoms with Crippen LogP contribution in [0.1, 0.15) is 76.2 Å². The first-order chi connectivity index (χ1) is 25.6. The summed E-state index contributed by atoms with van der Waals surface area (Å²) in [5, 5.41) is 1.46. The van der Waals surface area contributed by atoms with Crippen LogP contribution in [-0.2, 0) is 19.0 Å². The molecule has 3 aromatic rings. The maximum Gasteiger partial charge on any atom is 0.342 e. The molecular formula is C36H35BF15O4P. The predicted molar refractivity (Wildman–Crippen MR) is 181 cm³/mol. The second kappa shape index (κ2) is 15.4. The molecule has 0 aromatic heterocycles. The molecule has 57 heavy (non-hydrogen) atoms. The molecule has 0 radical (unpaired) electrons. The third-order valence-electron chi connectivity index (χ3n) is 9.13. The lowest BCUT2D eigenvalue weighted by molar-refractivity contribution is -0.152. The van der Waals surface area contributed by atoms with Gasteiger partial charge in [0.15, 0.2) is 64.1 Å². The summed E-state index contributed by atoms with van der Waals surface area (Å²) in [5.74, 6) is -53.2. The van der Waals surface area contributed by atoms with Crippen LogP contribution in [0.2, 0.25) is 0 Å². The summed E-state index contributed by atoms with van der Waals surface area (Å²) in [6.07, 6.45) is -8.65. The van der Waals surface area contributed by atoms with E-state index in [1.165, 1.54) is 0 Å². The minimum absolute atomic E-state index is 0.113. The second-order valence-corrected chi connectivity index (χ2v) is 21.7. The fourth-order valence-corrected chi connectivity index (χ4v) is 14.9. The van der Waals surface area contributed by atoms with Gasteiger partial charge in [0.2, 0.25) is 12.1 Å². The maximum atomic E-state index is 15.4. The molecule has 3 aromatic carbocycles. The molecule has 0 aliphatic carbocycles. The second-order valence-electron chi connectivity index (χ2n) is 16.4. The molecule has 0 unspecified atom stereocenters. The molecule has 1 heterocycles. The zero-order valence-corrected chi connectivity index (χ0v) is 33.0. The van der Waals surface area contributed by atoms with Crippen LogP contribution in [0.15, 0.2) is 0 Å². The van der Waals surface area contributed by atoms with Gasteiger partial charge in [0.1, 0.15) is 34.9 Å². The molecule has 316 valence electrons. The molecule has 1 aliphatic rings. The topological polar surface area (TPSA) is 52.6 Å². The standard InChI is InChI=1S/C24H7BF15O4.C12H27P/c1-3-22(41)24(2,23(42)43-3)44-25(4-7(26)13(32)19(38)14(33)8(4)27,5-9(28)15(34)20(39)16(35)10(5)29)6-11(30)17(36)21(40)18(37)12(6)31;1-10(2,3)13(11(4,5)6)12(7,8)9/h3H,1-2H3;1-9H3/q-1;/p+1/t3-,24+;/m1./s1. The molecule has 2 atom stereocenters. The Hall–Kier alpha value is -3.80. The smallest absolute Gasteiger partial charge is 0.342 e. The predicted octanol–water partition coefficient (Wildman–Crippen LogP) is 8.63. The van der Waals surface area contributed by atoms with Crippen molar-refractivity contribution in [2.24, 2.45) is 0 Å². The largest absolute Gasteiger partial charge is 0.560 e. The zero-order chi connectivity index (χ0) is 44.6. The highest BCUT2D eigenvalue weighted by Gasteiger charge is 2.59. The van der Waals surface area contributed by atoms with E-state index in [4.69, 9.17) is 4.65 Å². The first-order valence-corrected chi connectivity index (χ1v) is 18.1. The van der Waals surface area contributed by atoms with Crippen LogP contribution in [0, 0.1) is 87.3 Å². The van der Waals surface area contributed by atoms with Crippen molar-refractivity contribution in [3.63, 3.8) is 0 Å². The number of hydrogen-bond donors (Lipinski definition) is 0.